The van der Waals surface area contributed by atoms with Crippen LogP contribution < -0.4 is 14.2 Å². The summed E-state index contributed by atoms with van der Waals surface area (Å²) in [4.78, 5) is 18.3. The van der Waals surface area contributed by atoms with Crippen molar-refractivity contribution < 1.29 is 19.0 Å². The highest BCUT2D eigenvalue weighted by atomic mass is 35.5. The maximum absolute atomic E-state index is 11.7. The number of aldehydes is 1. The summed E-state index contributed by atoms with van der Waals surface area (Å²) in [6, 6.07) is 15.0. The fourth-order valence-electron chi connectivity index (χ4n) is 5.33. The van der Waals surface area contributed by atoms with Gasteiger partial charge in [-0.05, 0) is 92.7 Å². The first-order chi connectivity index (χ1) is 21.9. The predicted molar refractivity (Wildman–Crippen MR) is 179 cm³/mol. The molecule has 8 heteroatoms. The van der Waals surface area contributed by atoms with Crippen molar-refractivity contribution in [1.82, 2.24) is 9.88 Å². The summed E-state index contributed by atoms with van der Waals surface area (Å²) in [6.45, 7) is 12.6. The van der Waals surface area contributed by atoms with Gasteiger partial charge in [-0.3, -0.25) is 9.78 Å². The molecule has 0 spiro atoms. The van der Waals surface area contributed by atoms with E-state index in [-0.39, 0.29) is 23.8 Å². The normalized spacial score (nSPS) is 14.2. The molecule has 1 aromatic heterocycles. The van der Waals surface area contributed by atoms with Crippen LogP contribution >= 0.6 is 11.6 Å². The summed E-state index contributed by atoms with van der Waals surface area (Å²) >= 11 is 6.49. The molecular formula is C37H40ClN3O4. The number of hydrogen-bond donors (Lipinski definition) is 0. The molecule has 0 N–H and O–H groups in total. The quantitative estimate of drug-likeness (QED) is 0.0955. The van der Waals surface area contributed by atoms with Crippen LogP contribution in [-0.4, -0.2) is 49.0 Å². The largest absolute Gasteiger partial charge is 0.494 e. The Hall–Kier alpha value is -4.38. The number of nitrogens with zero attached hydrogens (tertiary/aromatic N) is 3. The molecule has 234 valence electrons. The lowest BCUT2D eigenvalue weighted by atomic mass is 9.94. The summed E-state index contributed by atoms with van der Waals surface area (Å²) in [7, 11) is 0. The second kappa shape index (κ2) is 17.2. The van der Waals surface area contributed by atoms with Crippen molar-refractivity contribution in [3.8, 4) is 23.3 Å². The van der Waals surface area contributed by atoms with Crippen molar-refractivity contribution >= 4 is 23.5 Å². The molecule has 0 amide bonds. The van der Waals surface area contributed by atoms with Crippen molar-refractivity contribution in [3.63, 3.8) is 0 Å². The first-order valence-corrected chi connectivity index (χ1v) is 15.7. The maximum atomic E-state index is 11.7. The number of ether oxygens (including phenoxy) is 3. The second-order valence-corrected chi connectivity index (χ2v) is 11.3. The lowest BCUT2D eigenvalue weighted by Crippen LogP contribution is -2.31. The average Bonchev–Trinajstić information content (AvgIpc) is 3.08. The van der Waals surface area contributed by atoms with Crippen LogP contribution in [0.25, 0.3) is 5.57 Å². The topological polar surface area (TPSA) is 84.7 Å². The first kappa shape index (κ1) is 33.5. The number of likely N-dealkylation sites (tertiary alicyclic amines) is 1. The van der Waals surface area contributed by atoms with Crippen molar-refractivity contribution in [2.45, 2.75) is 46.1 Å². The number of carbonyl (C=O) groups is 1. The van der Waals surface area contributed by atoms with E-state index in [0.29, 0.717) is 35.5 Å². The van der Waals surface area contributed by atoms with Crippen molar-refractivity contribution in [3.05, 3.63) is 112 Å². The van der Waals surface area contributed by atoms with Crippen LogP contribution in [0.2, 0.25) is 5.02 Å². The summed E-state index contributed by atoms with van der Waals surface area (Å²) in [6.07, 6.45) is 12.6. The van der Waals surface area contributed by atoms with Crippen LogP contribution in [0.4, 0.5) is 0 Å². The van der Waals surface area contributed by atoms with Crippen LogP contribution in [-0.2, 0) is 6.61 Å². The van der Waals surface area contributed by atoms with Gasteiger partial charge in [0.15, 0.2) is 6.29 Å². The second-order valence-electron chi connectivity index (χ2n) is 10.9. The third-order valence-corrected chi connectivity index (χ3v) is 8.09. The fourth-order valence-corrected chi connectivity index (χ4v) is 5.56. The molecule has 2 heterocycles. The Morgan fingerprint density at radius 2 is 1.91 bits per heavy atom. The Bertz CT molecular complexity index is 1580. The molecule has 0 bridgehead atoms. The van der Waals surface area contributed by atoms with E-state index in [9.17, 15) is 4.79 Å². The molecule has 1 fully saturated rings. The molecule has 0 aliphatic carbocycles. The lowest BCUT2D eigenvalue weighted by molar-refractivity contribution is 0.111. The smallest absolute Gasteiger partial charge is 0.153 e. The zero-order valence-corrected chi connectivity index (χ0v) is 26.8. The van der Waals surface area contributed by atoms with Crippen molar-refractivity contribution in [1.29, 1.82) is 5.26 Å². The number of carbonyl (C=O) groups excluding carboxylic acids is 1. The molecule has 3 aromatic rings. The first-order valence-electron chi connectivity index (χ1n) is 15.3. The molecule has 0 unspecified atom stereocenters. The molecule has 0 radical (unpaired) electrons. The Kier molecular flexibility index (Phi) is 12.8. The monoisotopic (exact) mass is 625 g/mol. The predicted octanol–water partition coefficient (Wildman–Crippen LogP) is 8.24. The highest BCUT2D eigenvalue weighted by molar-refractivity contribution is 6.32. The van der Waals surface area contributed by atoms with Gasteiger partial charge in [0.25, 0.3) is 0 Å². The van der Waals surface area contributed by atoms with Gasteiger partial charge in [0.2, 0.25) is 0 Å². The Morgan fingerprint density at radius 1 is 1.09 bits per heavy atom. The standard InChI is InChI=1S/C37H40ClN3O4/c1-4-30(26-45-37-20-36(32(24-42)19-35(37)38)44-25-29-17-28(21-39)22-40-23-29)27(3)34(5-2)31-11-9-12-33(18-31)43-16-10-15-41-13-7-6-8-14-41/h4-5,9,11-12,17-20,22-24H,1,6-8,10,13-16,25-26H2,2-3H3/b30-27+,34-5+. The molecular weight excluding hydrogens is 586 g/mol. The molecule has 2 aromatic carbocycles. The van der Waals surface area contributed by atoms with Gasteiger partial charge in [-0.2, -0.15) is 5.26 Å². The van der Waals surface area contributed by atoms with Crippen LogP contribution in [0, 0.1) is 11.3 Å². The van der Waals surface area contributed by atoms with E-state index in [0.717, 1.165) is 41.0 Å². The van der Waals surface area contributed by atoms with E-state index >= 15 is 0 Å². The zero-order chi connectivity index (χ0) is 32.0. The molecule has 4 rings (SSSR count). The van der Waals surface area contributed by atoms with Crippen LogP contribution in [0.5, 0.6) is 17.2 Å². The number of hydrogen-bond acceptors (Lipinski definition) is 7. The Balaban J connectivity index is 1.43. The van der Waals surface area contributed by atoms with Gasteiger partial charge in [-0.25, -0.2) is 0 Å². The number of pyridine rings is 1. The van der Waals surface area contributed by atoms with Gasteiger partial charge in [0, 0.05) is 30.6 Å². The Morgan fingerprint density at radius 3 is 2.64 bits per heavy atom. The average molecular weight is 626 g/mol. The summed E-state index contributed by atoms with van der Waals surface area (Å²) in [5.74, 6) is 1.53. The molecule has 0 atom stereocenters. The van der Waals surface area contributed by atoms with Crippen molar-refractivity contribution in [2.75, 3.05) is 32.8 Å². The minimum absolute atomic E-state index is 0.118. The number of aromatic nitrogens is 1. The van der Waals surface area contributed by atoms with E-state index in [1.807, 2.05) is 26.0 Å². The number of nitriles is 1. The molecule has 1 aliphatic heterocycles. The SMILES string of the molecule is C=C/C(COc1cc(OCc2cncc(C#N)c2)c(C=O)cc1Cl)=C(C)\C(=C/C)c1cccc(OCCCN2CCCCC2)c1. The van der Waals surface area contributed by atoms with Crippen LogP contribution in [0.1, 0.15) is 66.6 Å². The van der Waals surface area contributed by atoms with Crippen molar-refractivity contribution in [2.24, 2.45) is 0 Å². The zero-order valence-electron chi connectivity index (χ0n) is 26.1. The number of benzene rings is 2. The van der Waals surface area contributed by atoms with Gasteiger partial charge < -0.3 is 19.1 Å². The fraction of sp³-hybridized carbons (Fsp3) is 0.324. The molecule has 45 heavy (non-hydrogen) atoms. The number of rotatable bonds is 15. The van der Waals surface area contributed by atoms with Gasteiger partial charge in [0.1, 0.15) is 36.5 Å². The number of halogens is 1. The minimum atomic E-state index is 0.118. The molecule has 1 aliphatic rings. The highest BCUT2D eigenvalue weighted by Crippen LogP contribution is 2.34. The van der Waals surface area contributed by atoms with Gasteiger partial charge in [-0.1, -0.05) is 48.9 Å². The molecule has 1 saturated heterocycles. The van der Waals surface area contributed by atoms with E-state index in [1.165, 1.54) is 44.6 Å². The summed E-state index contributed by atoms with van der Waals surface area (Å²) in [5.41, 5.74) is 5.40. The van der Waals surface area contributed by atoms with E-state index in [2.05, 4.69) is 40.7 Å². The van der Waals surface area contributed by atoms with Gasteiger partial charge in [0.05, 0.1) is 22.8 Å². The summed E-state index contributed by atoms with van der Waals surface area (Å²) in [5, 5.41) is 9.42. The number of piperidine rings is 1. The van der Waals surface area contributed by atoms with Crippen LogP contribution in [0.15, 0.2) is 84.7 Å². The maximum Gasteiger partial charge on any atom is 0.153 e. The minimum Gasteiger partial charge on any atom is -0.494 e. The highest BCUT2D eigenvalue weighted by Gasteiger charge is 2.14. The summed E-state index contributed by atoms with van der Waals surface area (Å²) < 4.78 is 18.2. The van der Waals surface area contributed by atoms with E-state index < -0.39 is 0 Å². The van der Waals surface area contributed by atoms with E-state index in [1.54, 1.807) is 24.4 Å². The third-order valence-electron chi connectivity index (χ3n) is 7.79. The molecule has 0 saturated carbocycles. The van der Waals surface area contributed by atoms with Crippen LogP contribution in [0.3, 0.4) is 0 Å². The van der Waals surface area contributed by atoms with Gasteiger partial charge in [-0.15, -0.1) is 0 Å². The van der Waals surface area contributed by atoms with E-state index in [4.69, 9.17) is 31.1 Å². The molecule has 7 nitrogen and oxygen atoms in total. The number of allylic oxidation sites excluding steroid dienone is 3. The third kappa shape index (κ3) is 9.55. The Labute approximate surface area is 271 Å². The van der Waals surface area contributed by atoms with Gasteiger partial charge >= 0.3 is 0 Å². The lowest BCUT2D eigenvalue weighted by Gasteiger charge is -2.26.